The highest BCUT2D eigenvalue weighted by Gasteiger charge is 2.43. The van der Waals surface area contributed by atoms with Crippen LogP contribution in [0.25, 0.3) is 0 Å². The van der Waals surface area contributed by atoms with E-state index in [4.69, 9.17) is 0 Å². The van der Waals surface area contributed by atoms with Crippen molar-refractivity contribution in [3.05, 3.63) is 35.4 Å². The number of likely N-dealkylation sites (tertiary alicyclic amines) is 2. The highest BCUT2D eigenvalue weighted by molar-refractivity contribution is 5.86. The molecule has 1 aromatic carbocycles. The van der Waals surface area contributed by atoms with E-state index in [-0.39, 0.29) is 5.91 Å². The molecule has 24 heavy (non-hydrogen) atoms. The number of benzene rings is 1. The molecule has 1 atom stereocenters. The Labute approximate surface area is 145 Å². The predicted molar refractivity (Wildman–Crippen MR) is 95.8 cm³/mol. The molecule has 2 aliphatic heterocycles. The molecule has 2 fully saturated rings. The quantitative estimate of drug-likeness (QED) is 0.903. The Kier molecular flexibility index (Phi) is 5.26. The summed E-state index contributed by atoms with van der Waals surface area (Å²) < 4.78 is 0. The van der Waals surface area contributed by atoms with E-state index in [9.17, 15) is 9.90 Å². The van der Waals surface area contributed by atoms with Gasteiger partial charge >= 0.3 is 0 Å². The minimum absolute atomic E-state index is 0.0893. The maximum Gasteiger partial charge on any atom is 0.256 e. The van der Waals surface area contributed by atoms with Crippen molar-refractivity contribution in [2.24, 2.45) is 0 Å². The van der Waals surface area contributed by atoms with Crippen molar-refractivity contribution in [1.82, 2.24) is 9.80 Å². The first-order chi connectivity index (χ1) is 11.5. The Hall–Kier alpha value is -1.39. The van der Waals surface area contributed by atoms with Gasteiger partial charge < -0.3 is 10.0 Å². The van der Waals surface area contributed by atoms with Crippen LogP contribution in [0, 0.1) is 0 Å². The van der Waals surface area contributed by atoms with Crippen LogP contribution in [-0.2, 0) is 11.3 Å². The van der Waals surface area contributed by atoms with E-state index in [1.54, 1.807) is 0 Å². The Bertz CT molecular complexity index is 564. The van der Waals surface area contributed by atoms with Crippen LogP contribution < -0.4 is 0 Å². The van der Waals surface area contributed by atoms with Crippen molar-refractivity contribution in [2.45, 2.75) is 57.6 Å². The first-order valence-electron chi connectivity index (χ1n) is 9.31. The number of aliphatic hydroxyl groups is 1. The third kappa shape index (κ3) is 3.81. The molecule has 2 saturated heterocycles. The van der Waals surface area contributed by atoms with Crippen molar-refractivity contribution in [3.8, 4) is 0 Å². The molecule has 1 aromatic rings. The summed E-state index contributed by atoms with van der Waals surface area (Å²) in [7, 11) is 0. The molecule has 0 radical (unpaired) electrons. The molecular weight excluding hydrogens is 300 g/mol. The van der Waals surface area contributed by atoms with E-state index in [1.165, 1.54) is 18.4 Å². The molecule has 4 nitrogen and oxygen atoms in total. The second-order valence-corrected chi connectivity index (χ2v) is 7.74. The Morgan fingerprint density at radius 1 is 1.08 bits per heavy atom. The standard InChI is InChI=1S/C20H30N2O2/c1-16(2)18-8-6-17(7-9-18)14-22-13-5-10-20(24,19(22)23)15-21-11-3-4-12-21/h6-9,16,24H,3-5,10-15H2,1-2H3/t20-/m1/s1. The van der Waals surface area contributed by atoms with Crippen LogP contribution in [0.4, 0.5) is 0 Å². The summed E-state index contributed by atoms with van der Waals surface area (Å²) in [6, 6.07) is 8.50. The van der Waals surface area contributed by atoms with Gasteiger partial charge in [-0.3, -0.25) is 9.69 Å². The van der Waals surface area contributed by atoms with Crippen molar-refractivity contribution in [1.29, 1.82) is 0 Å². The van der Waals surface area contributed by atoms with Crippen LogP contribution in [0.5, 0.6) is 0 Å². The molecule has 132 valence electrons. The fourth-order valence-electron chi connectivity index (χ4n) is 3.90. The number of hydrogen-bond donors (Lipinski definition) is 1. The summed E-state index contributed by atoms with van der Waals surface area (Å²) in [5.41, 5.74) is 1.26. The van der Waals surface area contributed by atoms with Gasteiger partial charge in [0, 0.05) is 19.6 Å². The molecule has 3 rings (SSSR count). The monoisotopic (exact) mass is 330 g/mol. The normalized spacial score (nSPS) is 25.7. The average Bonchev–Trinajstić information content (AvgIpc) is 3.05. The number of carbonyl (C=O) groups is 1. The zero-order chi connectivity index (χ0) is 17.2. The molecule has 2 aliphatic rings. The highest BCUT2D eigenvalue weighted by Crippen LogP contribution is 2.27. The molecule has 0 aromatic heterocycles. The summed E-state index contributed by atoms with van der Waals surface area (Å²) in [6.45, 7) is 8.21. The van der Waals surface area contributed by atoms with Crippen LogP contribution in [0.3, 0.4) is 0 Å². The van der Waals surface area contributed by atoms with E-state index in [1.807, 2.05) is 4.90 Å². The summed E-state index contributed by atoms with van der Waals surface area (Å²) in [4.78, 5) is 16.9. The fraction of sp³-hybridized carbons (Fsp3) is 0.650. The lowest BCUT2D eigenvalue weighted by Crippen LogP contribution is -2.58. The first kappa shape index (κ1) is 17.4. The van der Waals surface area contributed by atoms with E-state index in [0.717, 1.165) is 31.6 Å². The Balaban J connectivity index is 1.65. The van der Waals surface area contributed by atoms with Crippen molar-refractivity contribution in [2.75, 3.05) is 26.2 Å². The molecule has 0 unspecified atom stereocenters. The molecule has 1 N–H and O–H groups in total. The molecule has 2 heterocycles. The van der Waals surface area contributed by atoms with Gasteiger partial charge in [0.25, 0.3) is 5.91 Å². The third-order valence-corrected chi connectivity index (χ3v) is 5.41. The maximum absolute atomic E-state index is 12.9. The van der Waals surface area contributed by atoms with Gasteiger partial charge in [-0.15, -0.1) is 0 Å². The average molecular weight is 330 g/mol. The zero-order valence-electron chi connectivity index (χ0n) is 15.0. The summed E-state index contributed by atoms with van der Waals surface area (Å²) >= 11 is 0. The lowest BCUT2D eigenvalue weighted by atomic mass is 9.90. The van der Waals surface area contributed by atoms with Gasteiger partial charge in [0.05, 0.1) is 0 Å². The molecule has 0 bridgehead atoms. The number of rotatable bonds is 5. The van der Waals surface area contributed by atoms with Crippen molar-refractivity contribution < 1.29 is 9.90 Å². The first-order valence-corrected chi connectivity index (χ1v) is 9.31. The smallest absolute Gasteiger partial charge is 0.256 e. The van der Waals surface area contributed by atoms with Crippen LogP contribution in [-0.4, -0.2) is 52.6 Å². The largest absolute Gasteiger partial charge is 0.379 e. The molecule has 4 heteroatoms. The number of hydrogen-bond acceptors (Lipinski definition) is 3. The van der Waals surface area contributed by atoms with Gasteiger partial charge in [-0.1, -0.05) is 38.1 Å². The van der Waals surface area contributed by atoms with Crippen LogP contribution in [0.15, 0.2) is 24.3 Å². The summed E-state index contributed by atoms with van der Waals surface area (Å²) in [6.07, 6.45) is 3.82. The molecule has 0 aliphatic carbocycles. The Morgan fingerprint density at radius 2 is 1.75 bits per heavy atom. The van der Waals surface area contributed by atoms with E-state index in [2.05, 4.69) is 43.0 Å². The fourth-order valence-corrected chi connectivity index (χ4v) is 3.90. The number of piperidine rings is 1. The topological polar surface area (TPSA) is 43.8 Å². The summed E-state index contributed by atoms with van der Waals surface area (Å²) in [5, 5.41) is 10.9. The van der Waals surface area contributed by atoms with Gasteiger partial charge in [0.1, 0.15) is 0 Å². The number of β-amino-alcohol motifs (C(OH)–C–C–N with tert-alkyl or cyclic N) is 1. The maximum atomic E-state index is 12.9. The second kappa shape index (κ2) is 7.24. The van der Waals surface area contributed by atoms with E-state index >= 15 is 0 Å². The highest BCUT2D eigenvalue weighted by atomic mass is 16.3. The third-order valence-electron chi connectivity index (χ3n) is 5.41. The second-order valence-electron chi connectivity index (χ2n) is 7.74. The lowest BCUT2D eigenvalue weighted by Gasteiger charge is -2.40. The molecule has 1 amide bonds. The summed E-state index contributed by atoms with van der Waals surface area (Å²) in [5.74, 6) is 0.426. The van der Waals surface area contributed by atoms with Gasteiger partial charge in [-0.05, 0) is 55.8 Å². The number of nitrogens with zero attached hydrogens (tertiary/aromatic N) is 2. The van der Waals surface area contributed by atoms with Crippen molar-refractivity contribution >= 4 is 5.91 Å². The van der Waals surface area contributed by atoms with Gasteiger partial charge in [0.2, 0.25) is 0 Å². The minimum Gasteiger partial charge on any atom is -0.379 e. The van der Waals surface area contributed by atoms with Crippen LogP contribution in [0.1, 0.15) is 56.6 Å². The van der Waals surface area contributed by atoms with Crippen LogP contribution >= 0.6 is 0 Å². The zero-order valence-corrected chi connectivity index (χ0v) is 15.0. The van der Waals surface area contributed by atoms with Gasteiger partial charge in [-0.25, -0.2) is 0 Å². The SMILES string of the molecule is CC(C)c1ccc(CN2CCC[C@@](O)(CN3CCCC3)C2=O)cc1. The minimum atomic E-state index is -1.19. The molecule has 0 saturated carbocycles. The van der Waals surface area contributed by atoms with E-state index in [0.29, 0.717) is 25.4 Å². The molecule has 0 spiro atoms. The van der Waals surface area contributed by atoms with Gasteiger partial charge in [0.15, 0.2) is 5.60 Å². The molecular formula is C20H30N2O2. The van der Waals surface area contributed by atoms with Crippen LogP contribution in [0.2, 0.25) is 0 Å². The Morgan fingerprint density at radius 3 is 2.38 bits per heavy atom. The van der Waals surface area contributed by atoms with Gasteiger partial charge in [-0.2, -0.15) is 0 Å². The number of amides is 1. The van der Waals surface area contributed by atoms with E-state index < -0.39 is 5.60 Å². The number of carbonyl (C=O) groups excluding carboxylic acids is 1. The predicted octanol–water partition coefficient (Wildman–Crippen LogP) is 2.76. The lowest BCUT2D eigenvalue weighted by molar-refractivity contribution is -0.159. The van der Waals surface area contributed by atoms with Crippen molar-refractivity contribution in [3.63, 3.8) is 0 Å².